The zero-order chi connectivity index (χ0) is 12.3. The van der Waals surface area contributed by atoms with Crippen LogP contribution in [0.1, 0.15) is 17.9 Å². The topological polar surface area (TPSA) is 26.0 Å². The second-order valence-corrected chi connectivity index (χ2v) is 4.24. The third-order valence-corrected chi connectivity index (χ3v) is 2.92. The molecule has 2 N–H and O–H groups in total. The van der Waals surface area contributed by atoms with Crippen LogP contribution in [0.25, 0.3) is 0 Å². The van der Waals surface area contributed by atoms with Crippen molar-refractivity contribution in [1.82, 2.24) is 0 Å². The van der Waals surface area contributed by atoms with Gasteiger partial charge in [0.25, 0.3) is 0 Å². The summed E-state index contributed by atoms with van der Waals surface area (Å²) in [4.78, 5) is 0. The Labute approximate surface area is 101 Å². The third kappa shape index (κ3) is 3.85. The Hall–Kier alpha value is -0.450. The predicted molar refractivity (Wildman–Crippen MR) is 58.9 cm³/mol. The zero-order valence-corrected chi connectivity index (χ0v) is 9.70. The van der Waals surface area contributed by atoms with E-state index in [0.717, 1.165) is 0 Å². The number of hydrogen-bond acceptors (Lipinski definition) is 1. The fraction of sp³-hybridized carbons (Fsp3) is 0.400. The van der Waals surface area contributed by atoms with Crippen LogP contribution in [0.2, 0.25) is 10.0 Å². The van der Waals surface area contributed by atoms with E-state index in [1.165, 1.54) is 18.2 Å². The summed E-state index contributed by atoms with van der Waals surface area (Å²) in [6.07, 6.45) is -5.20. The molecule has 1 aromatic rings. The van der Waals surface area contributed by atoms with E-state index in [1.54, 1.807) is 0 Å². The van der Waals surface area contributed by atoms with Crippen molar-refractivity contribution < 1.29 is 13.2 Å². The first-order valence-corrected chi connectivity index (χ1v) is 5.31. The van der Waals surface area contributed by atoms with Crippen LogP contribution in [0.4, 0.5) is 13.2 Å². The van der Waals surface area contributed by atoms with E-state index in [2.05, 4.69) is 0 Å². The highest BCUT2D eigenvalue weighted by Gasteiger charge is 2.32. The summed E-state index contributed by atoms with van der Waals surface area (Å²) in [5, 5.41) is 0.549. The fourth-order valence-electron chi connectivity index (χ4n) is 1.38. The van der Waals surface area contributed by atoms with E-state index < -0.39 is 18.5 Å². The first-order valence-electron chi connectivity index (χ1n) is 4.55. The predicted octanol–water partition coefficient (Wildman–Crippen LogP) is 3.99. The molecule has 0 radical (unpaired) electrons. The first-order chi connectivity index (χ1) is 7.33. The second kappa shape index (κ2) is 5.25. The van der Waals surface area contributed by atoms with Crippen LogP contribution >= 0.6 is 23.2 Å². The molecule has 0 saturated carbocycles. The molecule has 0 fully saturated rings. The molecule has 6 heteroatoms. The molecule has 0 aromatic heterocycles. The van der Waals surface area contributed by atoms with Crippen LogP contribution in [0.15, 0.2) is 18.2 Å². The summed E-state index contributed by atoms with van der Waals surface area (Å²) in [5.41, 5.74) is 5.78. The van der Waals surface area contributed by atoms with Gasteiger partial charge in [-0.1, -0.05) is 29.3 Å². The van der Waals surface area contributed by atoms with Crippen molar-refractivity contribution in [2.45, 2.75) is 18.5 Å². The molecule has 0 heterocycles. The Balaban J connectivity index is 2.91. The Morgan fingerprint density at radius 2 is 1.81 bits per heavy atom. The second-order valence-electron chi connectivity index (χ2n) is 3.43. The minimum absolute atomic E-state index is 0.0858. The van der Waals surface area contributed by atoms with Crippen molar-refractivity contribution in [2.24, 2.45) is 5.73 Å². The van der Waals surface area contributed by atoms with Crippen LogP contribution in [-0.2, 0) is 0 Å². The summed E-state index contributed by atoms with van der Waals surface area (Å²) < 4.78 is 36.7. The summed E-state index contributed by atoms with van der Waals surface area (Å²) >= 11 is 11.4. The van der Waals surface area contributed by atoms with Crippen molar-refractivity contribution in [1.29, 1.82) is 0 Å². The SMILES string of the molecule is NCC(CC(F)(F)F)c1ccc(Cl)c(Cl)c1. The lowest BCUT2D eigenvalue weighted by Crippen LogP contribution is -2.20. The number of benzene rings is 1. The number of nitrogens with two attached hydrogens (primary N) is 1. The van der Waals surface area contributed by atoms with Crippen LogP contribution < -0.4 is 5.73 Å². The smallest absolute Gasteiger partial charge is 0.330 e. The van der Waals surface area contributed by atoms with E-state index >= 15 is 0 Å². The summed E-state index contributed by atoms with van der Waals surface area (Å²) in [7, 11) is 0. The van der Waals surface area contributed by atoms with Gasteiger partial charge in [-0.2, -0.15) is 13.2 Å². The molecule has 1 unspecified atom stereocenters. The van der Waals surface area contributed by atoms with E-state index in [4.69, 9.17) is 28.9 Å². The molecule has 0 aliphatic heterocycles. The van der Waals surface area contributed by atoms with Crippen LogP contribution in [-0.4, -0.2) is 12.7 Å². The Morgan fingerprint density at radius 3 is 2.25 bits per heavy atom. The minimum atomic E-state index is -4.24. The average Bonchev–Trinajstić information content (AvgIpc) is 2.17. The van der Waals surface area contributed by atoms with Gasteiger partial charge in [-0.3, -0.25) is 0 Å². The van der Waals surface area contributed by atoms with Gasteiger partial charge in [0.1, 0.15) is 0 Å². The molecule has 0 spiro atoms. The lowest BCUT2D eigenvalue weighted by molar-refractivity contribution is -0.138. The first kappa shape index (κ1) is 13.6. The van der Waals surface area contributed by atoms with Crippen molar-refractivity contribution >= 4 is 23.2 Å². The lowest BCUT2D eigenvalue weighted by atomic mass is 9.96. The van der Waals surface area contributed by atoms with Gasteiger partial charge in [0, 0.05) is 5.92 Å². The monoisotopic (exact) mass is 271 g/mol. The highest BCUT2D eigenvalue weighted by molar-refractivity contribution is 6.42. The Kier molecular flexibility index (Phi) is 4.47. The molecule has 16 heavy (non-hydrogen) atoms. The van der Waals surface area contributed by atoms with Crippen LogP contribution in [0.5, 0.6) is 0 Å². The van der Waals surface area contributed by atoms with E-state index in [-0.39, 0.29) is 11.6 Å². The maximum absolute atomic E-state index is 12.2. The quantitative estimate of drug-likeness (QED) is 0.884. The molecule has 1 atom stereocenters. The molecular weight excluding hydrogens is 262 g/mol. The minimum Gasteiger partial charge on any atom is -0.330 e. The third-order valence-electron chi connectivity index (χ3n) is 2.18. The molecule has 1 rings (SSSR count). The molecular formula is C10H10Cl2F3N. The van der Waals surface area contributed by atoms with E-state index in [9.17, 15) is 13.2 Å². The maximum Gasteiger partial charge on any atom is 0.389 e. The summed E-state index contributed by atoms with van der Waals surface area (Å²) in [6.45, 7) is -0.0858. The Morgan fingerprint density at radius 1 is 1.19 bits per heavy atom. The molecule has 0 saturated heterocycles. The number of alkyl halides is 3. The molecule has 0 aliphatic carbocycles. The fourth-order valence-corrected chi connectivity index (χ4v) is 1.69. The molecule has 1 nitrogen and oxygen atoms in total. The summed E-state index contributed by atoms with van der Waals surface area (Å²) in [6, 6.07) is 4.41. The summed E-state index contributed by atoms with van der Waals surface area (Å²) in [5.74, 6) is -0.783. The molecule has 90 valence electrons. The van der Waals surface area contributed by atoms with Gasteiger partial charge in [-0.15, -0.1) is 0 Å². The van der Waals surface area contributed by atoms with Gasteiger partial charge < -0.3 is 5.73 Å². The molecule has 0 bridgehead atoms. The Bertz CT molecular complexity index is 366. The standard InChI is InChI=1S/C10H10Cl2F3N/c11-8-2-1-6(3-9(8)12)7(5-16)4-10(13,14)15/h1-3,7H,4-5,16H2. The van der Waals surface area contributed by atoms with Crippen molar-refractivity contribution in [2.75, 3.05) is 6.54 Å². The largest absolute Gasteiger partial charge is 0.389 e. The average molecular weight is 272 g/mol. The highest BCUT2D eigenvalue weighted by atomic mass is 35.5. The van der Waals surface area contributed by atoms with Crippen molar-refractivity contribution in [3.05, 3.63) is 33.8 Å². The van der Waals surface area contributed by atoms with Crippen LogP contribution in [0.3, 0.4) is 0 Å². The van der Waals surface area contributed by atoms with Crippen molar-refractivity contribution in [3.8, 4) is 0 Å². The van der Waals surface area contributed by atoms with E-state index in [1.807, 2.05) is 0 Å². The highest BCUT2D eigenvalue weighted by Crippen LogP contribution is 2.33. The number of rotatable bonds is 3. The lowest BCUT2D eigenvalue weighted by Gasteiger charge is -2.17. The zero-order valence-electron chi connectivity index (χ0n) is 8.19. The van der Waals surface area contributed by atoms with Gasteiger partial charge in [0.2, 0.25) is 0 Å². The van der Waals surface area contributed by atoms with Gasteiger partial charge in [0.05, 0.1) is 16.5 Å². The van der Waals surface area contributed by atoms with Crippen molar-refractivity contribution in [3.63, 3.8) is 0 Å². The maximum atomic E-state index is 12.2. The van der Waals surface area contributed by atoms with E-state index in [0.29, 0.717) is 10.6 Å². The van der Waals surface area contributed by atoms with Gasteiger partial charge in [0.15, 0.2) is 0 Å². The molecule has 0 aliphatic rings. The number of hydrogen-bond donors (Lipinski definition) is 1. The molecule has 0 amide bonds. The van der Waals surface area contributed by atoms with Gasteiger partial charge in [-0.25, -0.2) is 0 Å². The number of halogens is 5. The van der Waals surface area contributed by atoms with Gasteiger partial charge >= 0.3 is 6.18 Å². The molecule has 1 aromatic carbocycles. The normalized spacial score (nSPS) is 13.9. The van der Waals surface area contributed by atoms with Gasteiger partial charge in [-0.05, 0) is 24.2 Å². The van der Waals surface area contributed by atoms with Crippen LogP contribution in [0, 0.1) is 0 Å².